The monoisotopic (exact) mass is 555 g/mol. The van der Waals surface area contributed by atoms with Crippen LogP contribution in [0.25, 0.3) is 0 Å². The highest BCUT2D eigenvalue weighted by Gasteiger charge is 2.68. The van der Waals surface area contributed by atoms with E-state index in [9.17, 15) is 38.7 Å². The summed E-state index contributed by atoms with van der Waals surface area (Å²) >= 11 is 0. The maximum atomic E-state index is 13.7. The maximum absolute atomic E-state index is 13.7. The molecule has 1 aliphatic heterocycles. The van der Waals surface area contributed by atoms with Gasteiger partial charge in [0.15, 0.2) is 12.4 Å². The van der Waals surface area contributed by atoms with Crippen LogP contribution in [-0.2, 0) is 43.1 Å². The molecule has 0 aromatic heterocycles. The molecule has 0 unspecified atom stereocenters. The van der Waals surface area contributed by atoms with Gasteiger partial charge >= 0.3 is 11.9 Å². The lowest BCUT2D eigenvalue weighted by Gasteiger charge is -2.56. The van der Waals surface area contributed by atoms with Crippen molar-refractivity contribution in [2.75, 3.05) is 6.61 Å². The van der Waals surface area contributed by atoms with E-state index in [4.69, 9.17) is 9.57 Å². The van der Waals surface area contributed by atoms with Crippen LogP contribution in [0.2, 0.25) is 0 Å². The number of aliphatic hydroxyl groups is 1. The third-order valence-corrected chi connectivity index (χ3v) is 9.97. The summed E-state index contributed by atoms with van der Waals surface area (Å²) in [6.45, 7) is 3.04. The molecule has 5 rings (SSSR count). The zero-order chi connectivity index (χ0) is 29.0. The molecular weight excluding hydrogens is 522 g/mol. The second-order valence-corrected chi connectivity index (χ2v) is 12.1. The molecule has 0 bridgehead atoms. The van der Waals surface area contributed by atoms with E-state index >= 15 is 0 Å². The summed E-state index contributed by atoms with van der Waals surface area (Å²) < 4.78 is 5.06. The van der Waals surface area contributed by atoms with Gasteiger partial charge in [-0.25, -0.2) is 4.79 Å². The number of esters is 1. The van der Waals surface area contributed by atoms with Gasteiger partial charge in [0.2, 0.25) is 5.78 Å². The van der Waals surface area contributed by atoms with E-state index < -0.39 is 65.4 Å². The summed E-state index contributed by atoms with van der Waals surface area (Å²) in [5.74, 6) is -4.45. The molecular formula is C29H33NO10. The SMILES string of the molecule is C[C@]12C=CC(=O)C=C1CC[C@H]1[C@H]2C(=O)C[C@@]2(C)[C@H]1CC[C@]2(O)C(=O)COC(=O)CCC(=O)ON1C(=O)CCC1=O. The minimum atomic E-state index is -1.86. The van der Waals surface area contributed by atoms with Crippen LogP contribution in [0.1, 0.15) is 71.6 Å². The van der Waals surface area contributed by atoms with Crippen molar-refractivity contribution in [3.63, 3.8) is 0 Å². The molecule has 11 heteroatoms. The van der Waals surface area contributed by atoms with Gasteiger partial charge in [0.05, 0.1) is 12.8 Å². The smallest absolute Gasteiger partial charge is 0.333 e. The second kappa shape index (κ2) is 9.87. The number of nitrogens with zero attached hydrogens (tertiary/aromatic N) is 1. The molecule has 0 radical (unpaired) electrons. The van der Waals surface area contributed by atoms with Crippen LogP contribution in [0.4, 0.5) is 0 Å². The Balaban J connectivity index is 1.20. The molecule has 6 atom stereocenters. The largest absolute Gasteiger partial charge is 0.458 e. The van der Waals surface area contributed by atoms with Crippen molar-refractivity contribution in [1.82, 2.24) is 5.06 Å². The van der Waals surface area contributed by atoms with Crippen molar-refractivity contribution in [3.05, 3.63) is 23.8 Å². The summed E-state index contributed by atoms with van der Waals surface area (Å²) in [7, 11) is 0. The molecule has 0 aromatic rings. The molecule has 11 nitrogen and oxygen atoms in total. The van der Waals surface area contributed by atoms with Crippen LogP contribution in [0.3, 0.4) is 0 Å². The Morgan fingerprint density at radius 1 is 1.00 bits per heavy atom. The number of imide groups is 1. The molecule has 4 fully saturated rings. The van der Waals surface area contributed by atoms with Gasteiger partial charge in [0, 0.05) is 36.0 Å². The molecule has 214 valence electrons. The zero-order valence-electron chi connectivity index (χ0n) is 22.6. The topological polar surface area (TPSA) is 161 Å². The molecule has 0 aromatic carbocycles. The fraction of sp³-hybridized carbons (Fsp3) is 0.621. The van der Waals surface area contributed by atoms with E-state index in [1.165, 1.54) is 6.08 Å². The zero-order valence-corrected chi connectivity index (χ0v) is 22.6. The minimum absolute atomic E-state index is 0.000538. The van der Waals surface area contributed by atoms with Crippen LogP contribution < -0.4 is 0 Å². The molecule has 1 N–H and O–H groups in total. The number of hydrogen-bond acceptors (Lipinski definition) is 10. The Morgan fingerprint density at radius 3 is 2.38 bits per heavy atom. The quantitative estimate of drug-likeness (QED) is 0.362. The molecule has 3 saturated carbocycles. The number of amides is 2. The molecule has 2 amide bonds. The molecule has 1 heterocycles. The average molecular weight is 556 g/mol. The fourth-order valence-electron chi connectivity index (χ4n) is 7.84. The van der Waals surface area contributed by atoms with E-state index in [0.29, 0.717) is 24.3 Å². The van der Waals surface area contributed by atoms with Gasteiger partial charge in [-0.2, -0.15) is 0 Å². The van der Waals surface area contributed by atoms with Crippen molar-refractivity contribution in [2.45, 2.75) is 77.2 Å². The average Bonchev–Trinajstić information content (AvgIpc) is 3.36. The second-order valence-electron chi connectivity index (χ2n) is 12.1. The highest BCUT2D eigenvalue weighted by atomic mass is 16.7. The Bertz CT molecular complexity index is 1270. The summed E-state index contributed by atoms with van der Waals surface area (Å²) in [5.41, 5.74) is -2.49. The Labute approximate surface area is 230 Å². The Kier molecular flexibility index (Phi) is 6.92. The number of allylic oxidation sites excluding steroid dienone is 4. The van der Waals surface area contributed by atoms with E-state index in [2.05, 4.69) is 0 Å². The number of carbonyl (C=O) groups excluding carboxylic acids is 7. The third kappa shape index (κ3) is 4.34. The van der Waals surface area contributed by atoms with Crippen molar-refractivity contribution in [3.8, 4) is 0 Å². The highest BCUT2D eigenvalue weighted by Crippen LogP contribution is 2.66. The molecule has 4 aliphatic carbocycles. The molecule has 40 heavy (non-hydrogen) atoms. The first kappa shape index (κ1) is 28.1. The fourth-order valence-corrected chi connectivity index (χ4v) is 7.84. The van der Waals surface area contributed by atoms with E-state index in [-0.39, 0.29) is 55.0 Å². The van der Waals surface area contributed by atoms with Crippen LogP contribution in [0, 0.1) is 28.6 Å². The lowest BCUT2D eigenvalue weighted by Crippen LogP contribution is -2.60. The van der Waals surface area contributed by atoms with Gasteiger partial charge in [-0.15, -0.1) is 5.06 Å². The van der Waals surface area contributed by atoms with E-state index in [0.717, 1.165) is 5.57 Å². The van der Waals surface area contributed by atoms with Gasteiger partial charge in [-0.05, 0) is 49.7 Å². The number of ketones is 3. The Hall–Kier alpha value is -3.47. The van der Waals surface area contributed by atoms with Crippen LogP contribution in [0.15, 0.2) is 23.8 Å². The minimum Gasteiger partial charge on any atom is -0.458 e. The van der Waals surface area contributed by atoms with E-state index in [1.807, 2.05) is 13.0 Å². The van der Waals surface area contributed by atoms with Crippen LogP contribution in [-0.4, -0.2) is 63.5 Å². The van der Waals surface area contributed by atoms with Crippen molar-refractivity contribution >= 4 is 41.1 Å². The predicted octanol–water partition coefficient (Wildman–Crippen LogP) is 1.70. The van der Waals surface area contributed by atoms with Gasteiger partial charge in [0.1, 0.15) is 11.4 Å². The molecule has 5 aliphatic rings. The number of rotatable bonds is 7. The van der Waals surface area contributed by atoms with Gasteiger partial charge in [-0.1, -0.05) is 25.5 Å². The number of ether oxygens (including phenoxy) is 1. The lowest BCUT2D eigenvalue weighted by molar-refractivity contribution is -0.197. The normalized spacial score (nSPS) is 36.5. The summed E-state index contributed by atoms with van der Waals surface area (Å²) in [5, 5.41) is 12.1. The van der Waals surface area contributed by atoms with E-state index in [1.54, 1.807) is 13.0 Å². The summed E-state index contributed by atoms with van der Waals surface area (Å²) in [4.78, 5) is 90.9. The third-order valence-electron chi connectivity index (χ3n) is 9.97. The standard InChI is InChI=1S/C29H33NO10/c1-27-11-9-17(31)13-16(27)3-4-18-19-10-12-29(38,28(19,2)14-20(32)26(18)27)21(33)15-39-24(36)7-8-25(37)40-30-22(34)5-6-23(30)35/h9,11,13,18-19,26,38H,3-8,10,12,14-15H2,1-2H3/t18-,19+,26+,27+,28+,29+/m1/s1. The number of Topliss-reactive ketones (excluding diaryl/α,β-unsaturated/α-hetero) is 2. The Morgan fingerprint density at radius 2 is 1.68 bits per heavy atom. The van der Waals surface area contributed by atoms with Crippen LogP contribution >= 0.6 is 0 Å². The van der Waals surface area contributed by atoms with Gasteiger partial charge in [0.25, 0.3) is 11.8 Å². The highest BCUT2D eigenvalue weighted by molar-refractivity contribution is 6.02. The number of hydroxylamine groups is 2. The first-order valence-corrected chi connectivity index (χ1v) is 13.7. The van der Waals surface area contributed by atoms with Gasteiger partial charge in [-0.3, -0.25) is 28.8 Å². The van der Waals surface area contributed by atoms with Crippen molar-refractivity contribution in [2.24, 2.45) is 28.6 Å². The lowest BCUT2D eigenvalue weighted by atomic mass is 9.46. The molecule has 1 saturated heterocycles. The number of hydrogen-bond donors (Lipinski definition) is 1. The van der Waals surface area contributed by atoms with Crippen LogP contribution in [0.5, 0.6) is 0 Å². The first-order valence-electron chi connectivity index (χ1n) is 13.7. The van der Waals surface area contributed by atoms with Crippen molar-refractivity contribution < 1.29 is 48.2 Å². The molecule has 0 spiro atoms. The number of carbonyl (C=O) groups is 7. The summed E-state index contributed by atoms with van der Waals surface area (Å²) in [6.07, 6.45) is 5.98. The summed E-state index contributed by atoms with van der Waals surface area (Å²) in [6, 6.07) is 0. The first-order chi connectivity index (χ1) is 18.8. The number of fused-ring (bicyclic) bond motifs is 5. The van der Waals surface area contributed by atoms with Crippen molar-refractivity contribution in [1.29, 1.82) is 0 Å². The van der Waals surface area contributed by atoms with Gasteiger partial charge < -0.3 is 14.7 Å². The maximum Gasteiger partial charge on any atom is 0.333 e. The predicted molar refractivity (Wildman–Crippen MR) is 134 cm³/mol.